The lowest BCUT2D eigenvalue weighted by molar-refractivity contribution is -0.118. The zero-order chi connectivity index (χ0) is 24.8. The molecule has 3 rings (SSSR count). The summed E-state index contributed by atoms with van der Waals surface area (Å²) in [7, 11) is 0. The Labute approximate surface area is 205 Å². The molecule has 7 nitrogen and oxygen atoms in total. The Balaban J connectivity index is 1.89. The lowest BCUT2D eigenvalue weighted by Gasteiger charge is -2.20. The minimum Gasteiger partial charge on any atom is -0.461 e. The number of hydrogen-bond donors (Lipinski definition) is 0. The Kier molecular flexibility index (Phi) is 8.61. The van der Waals surface area contributed by atoms with E-state index in [4.69, 9.17) is 4.74 Å². The Hall–Kier alpha value is -3.00. The van der Waals surface area contributed by atoms with E-state index in [-0.39, 0.29) is 24.6 Å². The lowest BCUT2D eigenvalue weighted by atomic mass is 10.1. The minimum absolute atomic E-state index is 0.0598. The zero-order valence-corrected chi connectivity index (χ0v) is 21.7. The summed E-state index contributed by atoms with van der Waals surface area (Å²) in [6.45, 7) is 13.4. The molecule has 0 fully saturated rings. The summed E-state index contributed by atoms with van der Waals surface area (Å²) in [6, 6.07) is 10.0. The van der Waals surface area contributed by atoms with Crippen molar-refractivity contribution in [1.82, 2.24) is 14.8 Å². The van der Waals surface area contributed by atoms with Crippen LogP contribution < -0.4 is 4.90 Å². The quantitative estimate of drug-likeness (QED) is 0.384. The number of thiazole rings is 1. The number of esters is 1. The van der Waals surface area contributed by atoms with Crippen molar-refractivity contribution in [1.29, 1.82) is 0 Å². The molecule has 0 aliphatic heterocycles. The molecule has 0 unspecified atom stereocenters. The van der Waals surface area contributed by atoms with Crippen LogP contribution in [-0.2, 0) is 28.9 Å². The van der Waals surface area contributed by atoms with Crippen molar-refractivity contribution in [3.63, 3.8) is 0 Å². The Bertz CT molecular complexity index is 1130. The van der Waals surface area contributed by atoms with Gasteiger partial charge in [0.05, 0.1) is 18.7 Å². The van der Waals surface area contributed by atoms with E-state index in [0.29, 0.717) is 24.0 Å². The number of nitrogens with zero attached hydrogens (tertiary/aromatic N) is 4. The maximum absolute atomic E-state index is 13.6. The highest BCUT2D eigenvalue weighted by molar-refractivity contribution is 7.16. The van der Waals surface area contributed by atoms with Crippen LogP contribution in [0.2, 0.25) is 0 Å². The predicted octanol–water partition coefficient (Wildman–Crippen LogP) is 4.92. The zero-order valence-electron chi connectivity index (χ0n) is 20.9. The van der Waals surface area contributed by atoms with Gasteiger partial charge in [0.1, 0.15) is 0 Å². The van der Waals surface area contributed by atoms with E-state index < -0.39 is 5.97 Å². The van der Waals surface area contributed by atoms with Crippen LogP contribution in [-0.4, -0.2) is 39.8 Å². The largest absolute Gasteiger partial charge is 0.461 e. The summed E-state index contributed by atoms with van der Waals surface area (Å²) in [6.07, 6.45) is 0.919. The lowest BCUT2D eigenvalue weighted by Crippen LogP contribution is -2.34. The summed E-state index contributed by atoms with van der Waals surface area (Å²) in [5.74, 6) is -0.0569. The summed E-state index contributed by atoms with van der Waals surface area (Å²) in [5, 5.41) is 5.18. The molecule has 0 spiro atoms. The maximum atomic E-state index is 13.6. The van der Waals surface area contributed by atoms with Gasteiger partial charge in [-0.25, -0.2) is 9.78 Å². The molecular formula is C26H34N4O3S. The van der Waals surface area contributed by atoms with E-state index in [9.17, 15) is 9.59 Å². The highest BCUT2D eigenvalue weighted by Crippen LogP contribution is 2.28. The molecule has 0 aliphatic carbocycles. The normalized spacial score (nSPS) is 11.1. The molecule has 0 atom stereocenters. The molecule has 2 heterocycles. The van der Waals surface area contributed by atoms with Gasteiger partial charge in [0, 0.05) is 29.2 Å². The first kappa shape index (κ1) is 25.6. The van der Waals surface area contributed by atoms with Gasteiger partial charge < -0.3 is 4.74 Å². The third kappa shape index (κ3) is 6.11. The number of rotatable bonds is 10. The number of anilines is 1. The first-order valence-electron chi connectivity index (χ1n) is 11.7. The molecule has 0 aliphatic rings. The van der Waals surface area contributed by atoms with Crippen molar-refractivity contribution in [2.24, 2.45) is 5.92 Å². The molecule has 0 bridgehead atoms. The minimum atomic E-state index is -0.459. The highest BCUT2D eigenvalue weighted by atomic mass is 32.1. The van der Waals surface area contributed by atoms with Gasteiger partial charge in [-0.2, -0.15) is 5.10 Å². The molecule has 3 aromatic rings. The van der Waals surface area contributed by atoms with Crippen LogP contribution >= 0.6 is 11.3 Å². The fourth-order valence-corrected chi connectivity index (χ4v) is 4.80. The second-order valence-electron chi connectivity index (χ2n) is 8.80. The van der Waals surface area contributed by atoms with Gasteiger partial charge in [-0.3, -0.25) is 14.4 Å². The van der Waals surface area contributed by atoms with Gasteiger partial charge in [0.15, 0.2) is 10.8 Å². The van der Waals surface area contributed by atoms with Gasteiger partial charge in [-0.15, -0.1) is 11.3 Å². The second kappa shape index (κ2) is 11.4. The van der Waals surface area contributed by atoms with Crippen LogP contribution in [0.4, 0.5) is 5.13 Å². The van der Waals surface area contributed by atoms with Crippen LogP contribution in [0.15, 0.2) is 30.3 Å². The Morgan fingerprint density at radius 1 is 1.15 bits per heavy atom. The van der Waals surface area contributed by atoms with Gasteiger partial charge in [0.25, 0.3) is 0 Å². The van der Waals surface area contributed by atoms with Crippen LogP contribution in [0.5, 0.6) is 0 Å². The monoisotopic (exact) mass is 482 g/mol. The van der Waals surface area contributed by atoms with E-state index in [2.05, 4.69) is 23.9 Å². The molecule has 34 heavy (non-hydrogen) atoms. The number of aryl methyl sites for hydroxylation is 2. The summed E-state index contributed by atoms with van der Waals surface area (Å²) in [4.78, 5) is 32.9. The van der Waals surface area contributed by atoms with Gasteiger partial charge >= 0.3 is 5.97 Å². The molecule has 0 saturated heterocycles. The van der Waals surface area contributed by atoms with Crippen molar-refractivity contribution in [2.75, 3.05) is 18.1 Å². The molecule has 0 N–H and O–H groups in total. The number of carbonyl (C=O) groups excluding carboxylic acids is 2. The number of carbonyl (C=O) groups is 2. The van der Waals surface area contributed by atoms with Crippen molar-refractivity contribution in [2.45, 2.75) is 60.9 Å². The van der Waals surface area contributed by atoms with Crippen LogP contribution in [0.3, 0.4) is 0 Å². The fourth-order valence-electron chi connectivity index (χ4n) is 3.86. The van der Waals surface area contributed by atoms with E-state index in [1.54, 1.807) is 11.8 Å². The van der Waals surface area contributed by atoms with Gasteiger partial charge in [-0.1, -0.05) is 44.2 Å². The first-order valence-corrected chi connectivity index (χ1v) is 12.5. The van der Waals surface area contributed by atoms with E-state index in [1.165, 1.54) is 11.3 Å². The van der Waals surface area contributed by atoms with Crippen molar-refractivity contribution in [3.05, 3.63) is 63.4 Å². The summed E-state index contributed by atoms with van der Waals surface area (Å²) in [5.41, 5.74) is 4.25. The predicted molar refractivity (Wildman–Crippen MR) is 136 cm³/mol. The van der Waals surface area contributed by atoms with Crippen LogP contribution in [0, 0.1) is 26.7 Å². The molecule has 8 heteroatoms. The first-order chi connectivity index (χ1) is 16.2. The second-order valence-corrected chi connectivity index (χ2v) is 9.99. The fraction of sp³-hybridized carbons (Fsp3) is 0.462. The van der Waals surface area contributed by atoms with E-state index >= 15 is 0 Å². The molecule has 1 aromatic carbocycles. The Morgan fingerprint density at radius 2 is 1.85 bits per heavy atom. The third-order valence-electron chi connectivity index (χ3n) is 5.65. The van der Waals surface area contributed by atoms with Crippen molar-refractivity contribution >= 4 is 28.3 Å². The number of aromatic nitrogens is 3. The van der Waals surface area contributed by atoms with Crippen molar-refractivity contribution in [3.8, 4) is 0 Å². The van der Waals surface area contributed by atoms with E-state index in [0.717, 1.165) is 33.9 Å². The average Bonchev–Trinajstić information content (AvgIpc) is 3.29. The molecule has 182 valence electrons. The molecule has 1 amide bonds. The summed E-state index contributed by atoms with van der Waals surface area (Å²) >= 11 is 1.35. The summed E-state index contributed by atoms with van der Waals surface area (Å²) < 4.78 is 7.13. The number of amides is 1. The number of hydrogen-bond acceptors (Lipinski definition) is 6. The molecule has 2 aromatic heterocycles. The van der Waals surface area contributed by atoms with Crippen LogP contribution in [0.25, 0.3) is 0 Å². The smallest absolute Gasteiger partial charge is 0.358 e. The number of benzene rings is 1. The number of ether oxygens (including phenoxy) is 1. The standard InChI is InChI=1S/C26H34N4O3S/c1-7-33-25(32)24-20(6)34-26(27-24)29(14-13-21-11-9-8-10-12-21)23(31)15-22-18(4)28-30(19(22)5)16-17(2)3/h8-12,17H,7,13-16H2,1-6H3. The van der Waals surface area contributed by atoms with Crippen molar-refractivity contribution < 1.29 is 14.3 Å². The average molecular weight is 483 g/mol. The topological polar surface area (TPSA) is 77.3 Å². The maximum Gasteiger partial charge on any atom is 0.358 e. The molecule has 0 saturated carbocycles. The Morgan fingerprint density at radius 3 is 2.50 bits per heavy atom. The molecule has 0 radical (unpaired) electrons. The highest BCUT2D eigenvalue weighted by Gasteiger charge is 2.26. The van der Waals surface area contributed by atoms with Crippen LogP contribution in [0.1, 0.15) is 58.7 Å². The van der Waals surface area contributed by atoms with Gasteiger partial charge in [-0.05, 0) is 45.6 Å². The van der Waals surface area contributed by atoms with Gasteiger partial charge in [0.2, 0.25) is 5.91 Å². The molecular weight excluding hydrogens is 448 g/mol. The van der Waals surface area contributed by atoms with E-state index in [1.807, 2.05) is 55.8 Å². The third-order valence-corrected chi connectivity index (χ3v) is 6.64. The SMILES string of the molecule is CCOC(=O)c1nc(N(CCc2ccccc2)C(=O)Cc2c(C)nn(CC(C)C)c2C)sc1C.